The number of nitrogens with zero attached hydrogens (tertiary/aromatic N) is 1. The molecule has 0 heterocycles. The normalized spacial score (nSPS) is 11.2. The van der Waals surface area contributed by atoms with Crippen LogP contribution in [-0.2, 0) is 6.18 Å². The second kappa shape index (κ2) is 5.82. The van der Waals surface area contributed by atoms with Gasteiger partial charge in [-0.15, -0.1) is 11.8 Å². The van der Waals surface area contributed by atoms with Gasteiger partial charge in [0.15, 0.2) is 0 Å². The first-order chi connectivity index (χ1) is 7.95. The molecule has 6 heteroatoms. The Balaban J connectivity index is 2.68. The molecule has 0 bridgehead atoms. The Hall–Kier alpha value is -1.35. The van der Waals surface area contributed by atoms with E-state index in [1.165, 1.54) is 17.8 Å². The highest BCUT2D eigenvalue weighted by atomic mass is 32.2. The number of nitriles is 1. The number of anilines is 1. The first-order valence-corrected chi connectivity index (χ1v) is 5.90. The molecular weight excluding hydrogens is 249 g/mol. The van der Waals surface area contributed by atoms with Crippen molar-refractivity contribution in [2.45, 2.75) is 23.9 Å². The van der Waals surface area contributed by atoms with Gasteiger partial charge in [-0.2, -0.15) is 18.4 Å². The zero-order valence-corrected chi connectivity index (χ0v) is 9.74. The topological polar surface area (TPSA) is 49.8 Å². The smallest absolute Gasteiger partial charge is 0.398 e. The number of rotatable bonds is 4. The average Bonchev–Trinajstić information content (AvgIpc) is 2.24. The van der Waals surface area contributed by atoms with Crippen LogP contribution >= 0.6 is 11.8 Å². The predicted octanol–water partition coefficient (Wildman–Crippen LogP) is 3.68. The Morgan fingerprint density at radius 1 is 1.35 bits per heavy atom. The van der Waals surface area contributed by atoms with Crippen molar-refractivity contribution >= 4 is 17.4 Å². The summed E-state index contributed by atoms with van der Waals surface area (Å²) in [5.74, 6) is 0.670. The summed E-state index contributed by atoms with van der Waals surface area (Å²) in [6.45, 7) is 0. The predicted molar refractivity (Wildman–Crippen MR) is 61.4 cm³/mol. The molecule has 0 aliphatic carbocycles. The third kappa shape index (κ3) is 4.19. The average molecular weight is 260 g/mol. The first kappa shape index (κ1) is 13.7. The molecule has 1 aromatic rings. The Labute approximate surface area is 102 Å². The van der Waals surface area contributed by atoms with Gasteiger partial charge in [-0.25, -0.2) is 0 Å². The molecule has 0 amide bonds. The van der Waals surface area contributed by atoms with Crippen molar-refractivity contribution < 1.29 is 13.2 Å². The number of hydrogen-bond donors (Lipinski definition) is 1. The summed E-state index contributed by atoms with van der Waals surface area (Å²) in [6.07, 6.45) is -3.23. The van der Waals surface area contributed by atoms with E-state index in [9.17, 15) is 13.2 Å². The quantitative estimate of drug-likeness (QED) is 0.510. The highest BCUT2D eigenvalue weighted by Crippen LogP contribution is 2.34. The van der Waals surface area contributed by atoms with Gasteiger partial charge < -0.3 is 5.73 Å². The first-order valence-electron chi connectivity index (χ1n) is 4.91. The van der Waals surface area contributed by atoms with E-state index in [0.29, 0.717) is 23.5 Å². The maximum absolute atomic E-state index is 12.4. The summed E-state index contributed by atoms with van der Waals surface area (Å²) in [5, 5.41) is 8.34. The summed E-state index contributed by atoms with van der Waals surface area (Å²) in [6, 6.07) is 5.33. The van der Waals surface area contributed by atoms with Crippen molar-refractivity contribution in [1.29, 1.82) is 5.26 Å². The van der Waals surface area contributed by atoms with Crippen LogP contribution in [0.5, 0.6) is 0 Å². The lowest BCUT2D eigenvalue weighted by molar-refractivity contribution is -0.137. The summed E-state index contributed by atoms with van der Waals surface area (Å²) in [7, 11) is 0. The fraction of sp³-hybridized carbons (Fsp3) is 0.364. The molecule has 0 spiro atoms. The summed E-state index contributed by atoms with van der Waals surface area (Å²) in [5.41, 5.74) is 4.93. The number of thioether (sulfide) groups is 1. The molecule has 0 aliphatic rings. The van der Waals surface area contributed by atoms with Crippen molar-refractivity contribution in [3.8, 4) is 6.07 Å². The van der Waals surface area contributed by atoms with Crippen LogP contribution in [0.3, 0.4) is 0 Å². The monoisotopic (exact) mass is 260 g/mol. The number of alkyl halides is 3. The highest BCUT2D eigenvalue weighted by molar-refractivity contribution is 7.99. The lowest BCUT2D eigenvalue weighted by Crippen LogP contribution is -2.05. The zero-order chi connectivity index (χ0) is 12.9. The Morgan fingerprint density at radius 2 is 2.06 bits per heavy atom. The van der Waals surface area contributed by atoms with E-state index in [4.69, 9.17) is 11.0 Å². The van der Waals surface area contributed by atoms with Crippen LogP contribution < -0.4 is 5.73 Å². The number of nitrogen functional groups attached to an aromatic ring is 1. The molecule has 0 radical (unpaired) electrons. The standard InChI is InChI=1S/C11H11F3N2S/c12-11(13,14)8-3-4-10(9(16)7-8)17-6-2-1-5-15/h3-4,7H,1-2,6,16H2. The van der Waals surface area contributed by atoms with Crippen LogP contribution in [0.25, 0.3) is 0 Å². The molecule has 1 aromatic carbocycles. The minimum Gasteiger partial charge on any atom is -0.398 e. The number of halogens is 3. The van der Waals surface area contributed by atoms with E-state index in [1.54, 1.807) is 0 Å². The Bertz CT molecular complexity index is 424. The zero-order valence-electron chi connectivity index (χ0n) is 8.92. The van der Waals surface area contributed by atoms with Crippen LogP contribution in [0.4, 0.5) is 18.9 Å². The molecule has 2 nitrogen and oxygen atoms in total. The van der Waals surface area contributed by atoms with Crippen molar-refractivity contribution in [2.24, 2.45) is 0 Å². The second-order valence-electron chi connectivity index (χ2n) is 3.36. The molecule has 0 aliphatic heterocycles. The lowest BCUT2D eigenvalue weighted by Gasteiger charge is -2.10. The third-order valence-corrected chi connectivity index (χ3v) is 3.20. The summed E-state index contributed by atoms with van der Waals surface area (Å²) < 4.78 is 37.1. The van der Waals surface area contributed by atoms with Crippen molar-refractivity contribution in [1.82, 2.24) is 0 Å². The van der Waals surface area contributed by atoms with E-state index in [2.05, 4.69) is 0 Å². The van der Waals surface area contributed by atoms with Gasteiger partial charge in [0.2, 0.25) is 0 Å². The van der Waals surface area contributed by atoms with Crippen LogP contribution in [0, 0.1) is 11.3 Å². The maximum Gasteiger partial charge on any atom is 0.416 e. The van der Waals surface area contributed by atoms with Crippen LogP contribution in [0.1, 0.15) is 18.4 Å². The largest absolute Gasteiger partial charge is 0.416 e. The van der Waals surface area contributed by atoms with Gasteiger partial charge in [-0.3, -0.25) is 0 Å². The van der Waals surface area contributed by atoms with Gasteiger partial charge in [0.05, 0.1) is 11.6 Å². The van der Waals surface area contributed by atoms with E-state index in [1.807, 2.05) is 6.07 Å². The number of hydrogen-bond acceptors (Lipinski definition) is 3. The Kier molecular flexibility index (Phi) is 4.70. The molecule has 0 saturated carbocycles. The van der Waals surface area contributed by atoms with Crippen LogP contribution in [-0.4, -0.2) is 5.75 Å². The molecule has 0 atom stereocenters. The molecule has 17 heavy (non-hydrogen) atoms. The molecular formula is C11H11F3N2S. The number of benzene rings is 1. The van der Waals surface area contributed by atoms with E-state index < -0.39 is 11.7 Å². The van der Waals surface area contributed by atoms with Crippen molar-refractivity contribution in [2.75, 3.05) is 11.5 Å². The molecule has 2 N–H and O–H groups in total. The van der Waals surface area contributed by atoms with Crippen LogP contribution in [0.2, 0.25) is 0 Å². The van der Waals surface area contributed by atoms with Gasteiger partial charge in [0.1, 0.15) is 0 Å². The maximum atomic E-state index is 12.4. The van der Waals surface area contributed by atoms with Gasteiger partial charge in [0.25, 0.3) is 0 Å². The van der Waals surface area contributed by atoms with Gasteiger partial charge in [-0.05, 0) is 30.4 Å². The number of nitrogens with two attached hydrogens (primary N) is 1. The molecule has 0 fully saturated rings. The molecule has 92 valence electrons. The summed E-state index contributed by atoms with van der Waals surface area (Å²) in [4.78, 5) is 0.621. The van der Waals surface area contributed by atoms with Crippen molar-refractivity contribution in [3.05, 3.63) is 23.8 Å². The fourth-order valence-electron chi connectivity index (χ4n) is 1.19. The minimum atomic E-state index is -4.36. The molecule has 0 saturated heterocycles. The Morgan fingerprint density at radius 3 is 2.59 bits per heavy atom. The summed E-state index contributed by atoms with van der Waals surface area (Å²) >= 11 is 1.36. The SMILES string of the molecule is N#CCCCSc1ccc(C(F)(F)F)cc1N. The van der Waals surface area contributed by atoms with E-state index >= 15 is 0 Å². The molecule has 0 unspecified atom stereocenters. The number of unbranched alkanes of at least 4 members (excludes halogenated alkanes) is 1. The van der Waals surface area contributed by atoms with Gasteiger partial charge >= 0.3 is 6.18 Å². The van der Waals surface area contributed by atoms with Crippen molar-refractivity contribution in [3.63, 3.8) is 0 Å². The van der Waals surface area contributed by atoms with E-state index in [0.717, 1.165) is 12.1 Å². The minimum absolute atomic E-state index is 0.127. The molecule has 1 rings (SSSR count). The third-order valence-electron chi connectivity index (χ3n) is 2.03. The van der Waals surface area contributed by atoms with Gasteiger partial charge in [-0.1, -0.05) is 0 Å². The van der Waals surface area contributed by atoms with Crippen LogP contribution in [0.15, 0.2) is 23.1 Å². The highest BCUT2D eigenvalue weighted by Gasteiger charge is 2.30. The molecule has 0 aromatic heterocycles. The second-order valence-corrected chi connectivity index (χ2v) is 4.50. The van der Waals surface area contributed by atoms with Gasteiger partial charge in [0, 0.05) is 17.0 Å². The van der Waals surface area contributed by atoms with E-state index in [-0.39, 0.29) is 5.69 Å². The fourth-order valence-corrected chi connectivity index (χ4v) is 2.09. The lowest BCUT2D eigenvalue weighted by atomic mass is 10.2.